The van der Waals surface area contributed by atoms with Crippen LogP contribution in [0.15, 0.2) is 30.7 Å². The lowest BCUT2D eigenvalue weighted by atomic mass is 9.88. The second-order valence-corrected chi connectivity index (χ2v) is 5.51. The molecule has 2 aromatic rings. The van der Waals surface area contributed by atoms with Crippen LogP contribution in [0.25, 0.3) is 0 Å². The van der Waals surface area contributed by atoms with Gasteiger partial charge in [0.25, 0.3) is 5.91 Å². The number of rotatable bonds is 1. The molecule has 104 valence electrons. The van der Waals surface area contributed by atoms with Gasteiger partial charge in [-0.2, -0.15) is 5.26 Å². The van der Waals surface area contributed by atoms with Gasteiger partial charge in [-0.25, -0.2) is 4.98 Å². The van der Waals surface area contributed by atoms with Crippen molar-refractivity contribution in [2.24, 2.45) is 0 Å². The molecule has 21 heavy (non-hydrogen) atoms. The Morgan fingerprint density at radius 3 is 3.10 bits per heavy atom. The number of benzene rings is 1. The summed E-state index contributed by atoms with van der Waals surface area (Å²) in [5, 5.41) is 9.11. The summed E-state index contributed by atoms with van der Waals surface area (Å²) in [5.74, 6) is 0.0897. The van der Waals surface area contributed by atoms with Gasteiger partial charge in [-0.05, 0) is 31.9 Å². The van der Waals surface area contributed by atoms with Crippen LogP contribution in [0.1, 0.15) is 30.2 Å². The van der Waals surface area contributed by atoms with Crippen LogP contribution >= 0.6 is 0 Å². The quantitative estimate of drug-likeness (QED) is 0.799. The highest BCUT2D eigenvalue weighted by Crippen LogP contribution is 2.49. The lowest BCUT2D eigenvalue weighted by Crippen LogP contribution is -2.43. The summed E-state index contributed by atoms with van der Waals surface area (Å²) in [6.45, 7) is 2.57. The van der Waals surface area contributed by atoms with Crippen molar-refractivity contribution >= 4 is 11.6 Å². The number of nitrogens with zero attached hydrogens (tertiary/aromatic N) is 4. The van der Waals surface area contributed by atoms with E-state index in [1.54, 1.807) is 17.3 Å². The van der Waals surface area contributed by atoms with Gasteiger partial charge in [-0.3, -0.25) is 4.79 Å². The van der Waals surface area contributed by atoms with Gasteiger partial charge in [0.05, 0.1) is 23.6 Å². The third-order valence-corrected chi connectivity index (χ3v) is 4.65. The third-order valence-electron chi connectivity index (χ3n) is 4.65. The molecular formula is C16H14N4O. The standard InChI is InChI=1S/C16H14N4O/c1-2-19-14-7-11(8-17)3-4-13(14)16(15(19)21)6-5-12-9-18-10-20(12)16/h3-4,7,9-10H,2,5-6H2,1H3. The van der Waals surface area contributed by atoms with Crippen LogP contribution in [-0.4, -0.2) is 22.0 Å². The van der Waals surface area contributed by atoms with Crippen LogP contribution in [-0.2, 0) is 16.8 Å². The molecule has 4 rings (SSSR count). The molecule has 0 saturated carbocycles. The molecule has 0 fully saturated rings. The molecule has 0 radical (unpaired) electrons. The number of hydrogen-bond acceptors (Lipinski definition) is 3. The lowest BCUT2D eigenvalue weighted by Gasteiger charge is -2.25. The second kappa shape index (κ2) is 3.95. The predicted molar refractivity (Wildman–Crippen MR) is 76.8 cm³/mol. The minimum atomic E-state index is -0.662. The Morgan fingerprint density at radius 1 is 1.48 bits per heavy atom. The molecule has 5 nitrogen and oxygen atoms in total. The molecule has 0 aliphatic carbocycles. The number of imidazole rings is 1. The molecule has 3 heterocycles. The van der Waals surface area contributed by atoms with Crippen molar-refractivity contribution in [2.45, 2.75) is 25.3 Å². The molecule has 1 spiro atoms. The van der Waals surface area contributed by atoms with Crippen LogP contribution in [0.5, 0.6) is 0 Å². The Kier molecular flexibility index (Phi) is 2.29. The van der Waals surface area contributed by atoms with Crippen molar-refractivity contribution in [1.29, 1.82) is 5.26 Å². The Balaban J connectivity index is 2.01. The smallest absolute Gasteiger partial charge is 0.258 e. The Hall–Kier alpha value is -2.61. The fraction of sp³-hybridized carbons (Fsp3) is 0.312. The van der Waals surface area contributed by atoms with Crippen molar-refractivity contribution in [2.75, 3.05) is 11.4 Å². The third kappa shape index (κ3) is 1.30. The van der Waals surface area contributed by atoms with Crippen molar-refractivity contribution in [3.63, 3.8) is 0 Å². The van der Waals surface area contributed by atoms with E-state index < -0.39 is 5.54 Å². The molecular weight excluding hydrogens is 264 g/mol. The van der Waals surface area contributed by atoms with Crippen molar-refractivity contribution < 1.29 is 4.79 Å². The number of aromatic nitrogens is 2. The van der Waals surface area contributed by atoms with Gasteiger partial charge in [0.15, 0.2) is 5.54 Å². The number of amides is 1. The zero-order valence-corrected chi connectivity index (χ0v) is 11.7. The number of carbonyl (C=O) groups excluding carboxylic acids is 1. The van der Waals surface area contributed by atoms with Gasteiger partial charge in [0.2, 0.25) is 0 Å². The molecule has 0 bridgehead atoms. The van der Waals surface area contributed by atoms with Crippen LogP contribution in [0, 0.1) is 11.3 Å². The molecule has 1 atom stereocenters. The molecule has 5 heteroatoms. The summed E-state index contributed by atoms with van der Waals surface area (Å²) in [6, 6.07) is 7.69. The Morgan fingerprint density at radius 2 is 2.33 bits per heavy atom. The van der Waals surface area contributed by atoms with E-state index >= 15 is 0 Å². The monoisotopic (exact) mass is 278 g/mol. The summed E-state index contributed by atoms with van der Waals surface area (Å²) in [5.41, 5.74) is 2.87. The average molecular weight is 278 g/mol. The number of fused-ring (bicyclic) bond motifs is 4. The van der Waals surface area contributed by atoms with E-state index in [0.717, 1.165) is 29.8 Å². The van der Waals surface area contributed by atoms with Crippen molar-refractivity contribution in [1.82, 2.24) is 9.55 Å². The number of likely N-dealkylation sites (N-methyl/N-ethyl adjacent to an activating group) is 1. The van der Waals surface area contributed by atoms with Gasteiger partial charge < -0.3 is 9.47 Å². The van der Waals surface area contributed by atoms with E-state index in [2.05, 4.69) is 11.1 Å². The van der Waals surface area contributed by atoms with Gasteiger partial charge in [0, 0.05) is 24.0 Å². The number of hydrogen-bond donors (Lipinski definition) is 0. The highest BCUT2D eigenvalue weighted by molar-refractivity contribution is 6.08. The zero-order valence-electron chi connectivity index (χ0n) is 11.7. The first kappa shape index (κ1) is 12.2. The molecule has 0 saturated heterocycles. The Bertz CT molecular complexity index is 801. The van der Waals surface area contributed by atoms with Gasteiger partial charge >= 0.3 is 0 Å². The van der Waals surface area contributed by atoms with Crippen LogP contribution in [0.4, 0.5) is 5.69 Å². The topological polar surface area (TPSA) is 61.9 Å². The molecule has 1 amide bonds. The van der Waals surface area contributed by atoms with E-state index in [-0.39, 0.29) is 5.91 Å². The van der Waals surface area contributed by atoms with Crippen molar-refractivity contribution in [3.8, 4) is 6.07 Å². The first-order chi connectivity index (χ1) is 10.2. The van der Waals surface area contributed by atoms with Gasteiger partial charge in [0.1, 0.15) is 0 Å². The summed E-state index contributed by atoms with van der Waals surface area (Å²) >= 11 is 0. The average Bonchev–Trinajstić information content (AvgIpc) is 3.15. The van der Waals surface area contributed by atoms with Gasteiger partial charge in [-0.15, -0.1) is 0 Å². The van der Waals surface area contributed by atoms with Crippen LogP contribution in [0.3, 0.4) is 0 Å². The molecule has 0 N–H and O–H groups in total. The highest BCUT2D eigenvalue weighted by atomic mass is 16.2. The SMILES string of the molecule is CCN1C(=O)C2(CCc3cncn32)c2ccc(C#N)cc21. The maximum absolute atomic E-state index is 13.1. The van der Waals surface area contributed by atoms with Crippen LogP contribution < -0.4 is 4.90 Å². The van der Waals surface area contributed by atoms with E-state index in [1.165, 1.54) is 0 Å². The normalized spacial score (nSPS) is 22.5. The maximum Gasteiger partial charge on any atom is 0.258 e. The zero-order chi connectivity index (χ0) is 14.6. The highest BCUT2D eigenvalue weighted by Gasteiger charge is 2.54. The summed E-state index contributed by atoms with van der Waals surface area (Å²) in [7, 11) is 0. The second-order valence-electron chi connectivity index (χ2n) is 5.51. The minimum absolute atomic E-state index is 0.0897. The van der Waals surface area contributed by atoms with E-state index in [0.29, 0.717) is 12.1 Å². The Labute approximate surface area is 122 Å². The van der Waals surface area contributed by atoms with Crippen molar-refractivity contribution in [3.05, 3.63) is 47.5 Å². The maximum atomic E-state index is 13.1. The van der Waals surface area contributed by atoms with E-state index in [9.17, 15) is 4.79 Å². The van der Waals surface area contributed by atoms with Crippen LogP contribution in [0.2, 0.25) is 0 Å². The fourth-order valence-corrected chi connectivity index (χ4v) is 3.69. The van der Waals surface area contributed by atoms with Gasteiger partial charge in [-0.1, -0.05) is 6.07 Å². The molecule has 1 unspecified atom stereocenters. The largest absolute Gasteiger partial charge is 0.315 e. The number of anilines is 1. The fourth-order valence-electron chi connectivity index (χ4n) is 3.69. The summed E-state index contributed by atoms with van der Waals surface area (Å²) in [4.78, 5) is 19.0. The molecule has 1 aromatic heterocycles. The molecule has 1 aromatic carbocycles. The summed E-state index contributed by atoms with van der Waals surface area (Å²) < 4.78 is 2.01. The number of carbonyl (C=O) groups is 1. The number of aryl methyl sites for hydroxylation is 1. The molecule has 2 aliphatic rings. The number of nitriles is 1. The first-order valence-electron chi connectivity index (χ1n) is 7.10. The lowest BCUT2D eigenvalue weighted by molar-refractivity contribution is -0.124. The summed E-state index contributed by atoms with van der Waals surface area (Å²) in [6.07, 6.45) is 5.20. The minimum Gasteiger partial charge on any atom is -0.315 e. The predicted octanol–water partition coefficient (Wildman–Crippen LogP) is 1.81. The van der Waals surface area contributed by atoms with E-state index in [1.807, 2.05) is 29.8 Å². The first-order valence-corrected chi connectivity index (χ1v) is 7.10. The van der Waals surface area contributed by atoms with E-state index in [4.69, 9.17) is 5.26 Å². The molecule has 2 aliphatic heterocycles.